The fourth-order valence-corrected chi connectivity index (χ4v) is 3.69. The predicted molar refractivity (Wildman–Crippen MR) is 89.3 cm³/mol. The Morgan fingerprint density at radius 3 is 2.59 bits per heavy atom. The van der Waals surface area contributed by atoms with Crippen molar-refractivity contribution in [2.75, 3.05) is 43.1 Å². The first-order valence-electron chi connectivity index (χ1n) is 6.92. The molecule has 5 nitrogen and oxygen atoms in total. The second kappa shape index (κ2) is 6.42. The third-order valence-corrected chi connectivity index (χ3v) is 5.02. The second-order valence-corrected chi connectivity index (χ2v) is 6.02. The van der Waals surface area contributed by atoms with Gasteiger partial charge in [0, 0.05) is 26.2 Å². The lowest BCUT2D eigenvalue weighted by Crippen LogP contribution is -2.46. The SMILES string of the molecule is COc1ccccc1N1CCN(c2snc(Cl)c2C#N)CC1. The van der Waals surface area contributed by atoms with Crippen molar-refractivity contribution in [3.05, 3.63) is 35.0 Å². The van der Waals surface area contributed by atoms with Crippen LogP contribution in [0.25, 0.3) is 0 Å². The lowest BCUT2D eigenvalue weighted by Gasteiger charge is -2.37. The number of nitriles is 1. The van der Waals surface area contributed by atoms with Crippen LogP contribution in [0.4, 0.5) is 10.7 Å². The summed E-state index contributed by atoms with van der Waals surface area (Å²) in [6.45, 7) is 3.37. The molecule has 7 heteroatoms. The second-order valence-electron chi connectivity index (χ2n) is 4.91. The van der Waals surface area contributed by atoms with Gasteiger partial charge in [0.25, 0.3) is 0 Å². The zero-order valence-corrected chi connectivity index (χ0v) is 13.7. The van der Waals surface area contributed by atoms with E-state index in [-0.39, 0.29) is 0 Å². The summed E-state index contributed by atoms with van der Waals surface area (Å²) in [6, 6.07) is 10.2. The van der Waals surface area contributed by atoms with Crippen LogP contribution in [0.1, 0.15) is 5.56 Å². The summed E-state index contributed by atoms with van der Waals surface area (Å²) in [5.74, 6) is 0.884. The van der Waals surface area contributed by atoms with E-state index in [2.05, 4.69) is 26.3 Å². The number of anilines is 2. The van der Waals surface area contributed by atoms with Crippen molar-refractivity contribution in [2.24, 2.45) is 0 Å². The fraction of sp³-hybridized carbons (Fsp3) is 0.333. The molecule has 0 radical (unpaired) electrons. The molecule has 1 aromatic carbocycles. The van der Waals surface area contributed by atoms with Gasteiger partial charge < -0.3 is 14.5 Å². The Bertz CT molecular complexity index is 704. The third kappa shape index (κ3) is 2.70. The van der Waals surface area contributed by atoms with Crippen LogP contribution in [0.3, 0.4) is 0 Å². The Morgan fingerprint density at radius 2 is 1.91 bits per heavy atom. The average Bonchev–Trinajstić information content (AvgIpc) is 2.95. The first-order chi connectivity index (χ1) is 10.7. The summed E-state index contributed by atoms with van der Waals surface area (Å²) in [7, 11) is 1.69. The predicted octanol–water partition coefficient (Wildman–Crippen LogP) is 3.00. The maximum Gasteiger partial charge on any atom is 0.162 e. The summed E-state index contributed by atoms with van der Waals surface area (Å²) in [5, 5.41) is 10.4. The minimum atomic E-state index is 0.301. The van der Waals surface area contributed by atoms with Gasteiger partial charge in [0.05, 0.1) is 12.8 Å². The fourth-order valence-electron chi connectivity index (χ4n) is 2.61. The van der Waals surface area contributed by atoms with Gasteiger partial charge >= 0.3 is 0 Å². The molecular formula is C15H15ClN4OS. The number of benzene rings is 1. The molecule has 0 amide bonds. The maximum absolute atomic E-state index is 9.20. The largest absolute Gasteiger partial charge is 0.495 e. The zero-order chi connectivity index (χ0) is 15.5. The molecule has 0 bridgehead atoms. The minimum Gasteiger partial charge on any atom is -0.495 e. The Morgan fingerprint density at radius 1 is 1.23 bits per heavy atom. The number of rotatable bonds is 3. The third-order valence-electron chi connectivity index (χ3n) is 3.74. The van der Waals surface area contributed by atoms with Crippen LogP contribution < -0.4 is 14.5 Å². The maximum atomic E-state index is 9.20. The van der Waals surface area contributed by atoms with Crippen LogP contribution in [0.5, 0.6) is 5.75 Å². The highest BCUT2D eigenvalue weighted by Crippen LogP contribution is 2.33. The molecule has 0 unspecified atom stereocenters. The van der Waals surface area contributed by atoms with Crippen molar-refractivity contribution in [1.29, 1.82) is 5.26 Å². The standard InChI is InChI=1S/C15H15ClN4OS/c1-21-13-5-3-2-4-12(13)19-6-8-20(9-7-19)15-11(10-17)14(16)18-22-15/h2-5H,6-9H2,1H3. The number of ether oxygens (including phenoxy) is 1. The van der Waals surface area contributed by atoms with E-state index in [1.54, 1.807) is 7.11 Å². The van der Waals surface area contributed by atoms with E-state index in [4.69, 9.17) is 16.3 Å². The zero-order valence-electron chi connectivity index (χ0n) is 12.1. The smallest absolute Gasteiger partial charge is 0.162 e. The molecular weight excluding hydrogens is 320 g/mol. The van der Waals surface area contributed by atoms with Gasteiger partial charge in [0.1, 0.15) is 22.4 Å². The van der Waals surface area contributed by atoms with Gasteiger partial charge in [-0.25, -0.2) is 0 Å². The molecule has 1 aromatic heterocycles. The summed E-state index contributed by atoms with van der Waals surface area (Å²) < 4.78 is 9.50. The molecule has 1 aliphatic heterocycles. The minimum absolute atomic E-state index is 0.301. The van der Waals surface area contributed by atoms with Crippen molar-refractivity contribution < 1.29 is 4.74 Å². The van der Waals surface area contributed by atoms with E-state index < -0.39 is 0 Å². The van der Waals surface area contributed by atoms with Gasteiger partial charge in [0.2, 0.25) is 0 Å². The number of para-hydroxylation sites is 2. The number of halogens is 1. The van der Waals surface area contributed by atoms with Crippen LogP contribution in [-0.4, -0.2) is 37.7 Å². The molecule has 0 atom stereocenters. The number of piperazine rings is 1. The Hall–Kier alpha value is -1.97. The number of hydrogen-bond donors (Lipinski definition) is 0. The molecule has 0 aliphatic carbocycles. The topological polar surface area (TPSA) is 52.4 Å². The lowest BCUT2D eigenvalue weighted by molar-refractivity contribution is 0.413. The Balaban J connectivity index is 1.74. The quantitative estimate of drug-likeness (QED) is 0.863. The van der Waals surface area contributed by atoms with Crippen LogP contribution in [0.2, 0.25) is 5.15 Å². The van der Waals surface area contributed by atoms with Crippen LogP contribution in [-0.2, 0) is 0 Å². The van der Waals surface area contributed by atoms with Gasteiger partial charge in [-0.3, -0.25) is 0 Å². The summed E-state index contributed by atoms with van der Waals surface area (Å²) in [6.07, 6.45) is 0. The Labute approximate surface area is 138 Å². The van der Waals surface area contributed by atoms with Crippen LogP contribution in [0.15, 0.2) is 24.3 Å². The van der Waals surface area contributed by atoms with E-state index >= 15 is 0 Å². The lowest BCUT2D eigenvalue weighted by atomic mass is 10.2. The van der Waals surface area contributed by atoms with Crippen molar-refractivity contribution in [1.82, 2.24) is 4.37 Å². The number of nitrogens with zero attached hydrogens (tertiary/aromatic N) is 4. The molecule has 1 saturated heterocycles. The monoisotopic (exact) mass is 334 g/mol. The average molecular weight is 335 g/mol. The van der Waals surface area contributed by atoms with Gasteiger partial charge in [-0.1, -0.05) is 23.7 Å². The molecule has 22 heavy (non-hydrogen) atoms. The molecule has 1 fully saturated rings. The van der Waals surface area contributed by atoms with Gasteiger partial charge in [-0.15, -0.1) is 0 Å². The van der Waals surface area contributed by atoms with Crippen molar-refractivity contribution in [2.45, 2.75) is 0 Å². The summed E-state index contributed by atoms with van der Waals surface area (Å²) in [5.41, 5.74) is 1.59. The van der Waals surface area contributed by atoms with Crippen molar-refractivity contribution >= 4 is 33.8 Å². The van der Waals surface area contributed by atoms with Crippen molar-refractivity contribution in [3.8, 4) is 11.8 Å². The number of aromatic nitrogens is 1. The molecule has 114 valence electrons. The van der Waals surface area contributed by atoms with E-state index in [1.165, 1.54) is 11.5 Å². The molecule has 0 spiro atoms. The van der Waals surface area contributed by atoms with E-state index in [1.807, 2.05) is 18.2 Å². The molecule has 0 saturated carbocycles. The normalized spacial score (nSPS) is 14.8. The first-order valence-corrected chi connectivity index (χ1v) is 8.08. The van der Waals surface area contributed by atoms with Gasteiger partial charge in [-0.05, 0) is 23.7 Å². The van der Waals surface area contributed by atoms with Crippen LogP contribution in [0, 0.1) is 11.3 Å². The van der Waals surface area contributed by atoms with E-state index in [9.17, 15) is 5.26 Å². The highest BCUT2D eigenvalue weighted by molar-refractivity contribution is 7.10. The molecule has 2 aromatic rings. The van der Waals surface area contributed by atoms with Gasteiger partial charge in [0.15, 0.2) is 5.15 Å². The summed E-state index contributed by atoms with van der Waals surface area (Å²) >= 11 is 7.24. The molecule has 3 rings (SSSR count). The Kier molecular flexibility index (Phi) is 4.36. The molecule has 0 N–H and O–H groups in total. The molecule has 2 heterocycles. The highest BCUT2D eigenvalue weighted by Gasteiger charge is 2.24. The van der Waals surface area contributed by atoms with E-state index in [0.29, 0.717) is 10.7 Å². The molecule has 1 aliphatic rings. The van der Waals surface area contributed by atoms with E-state index in [0.717, 1.165) is 42.6 Å². The summed E-state index contributed by atoms with van der Waals surface area (Å²) in [4.78, 5) is 4.47. The van der Waals surface area contributed by atoms with Crippen molar-refractivity contribution in [3.63, 3.8) is 0 Å². The van der Waals surface area contributed by atoms with Crippen LogP contribution >= 0.6 is 23.1 Å². The number of hydrogen-bond acceptors (Lipinski definition) is 6. The van der Waals surface area contributed by atoms with Gasteiger partial charge in [-0.2, -0.15) is 9.64 Å². The first kappa shape index (κ1) is 14.9. The highest BCUT2D eigenvalue weighted by atomic mass is 35.5. The number of methoxy groups -OCH3 is 1.